The van der Waals surface area contributed by atoms with Crippen LogP contribution in [-0.4, -0.2) is 61.8 Å². The van der Waals surface area contributed by atoms with Crippen LogP contribution >= 0.6 is 11.6 Å². The fraction of sp³-hybridized carbons (Fsp3) is 0.429. The number of rotatable bonds is 6. The van der Waals surface area contributed by atoms with Gasteiger partial charge in [-0.3, -0.25) is 28.2 Å². The first-order valence-electron chi connectivity index (χ1n) is 10.3. The smallest absolute Gasteiger partial charge is 0.332 e. The van der Waals surface area contributed by atoms with E-state index >= 15 is 0 Å². The lowest BCUT2D eigenvalue weighted by Gasteiger charge is -2.33. The van der Waals surface area contributed by atoms with Crippen molar-refractivity contribution in [1.29, 1.82) is 0 Å². The molecule has 4 rings (SSSR count). The van der Waals surface area contributed by atoms with Gasteiger partial charge in [-0.05, 0) is 17.2 Å². The van der Waals surface area contributed by atoms with Crippen molar-refractivity contribution in [2.45, 2.75) is 19.2 Å². The molecule has 3 aromatic rings. The van der Waals surface area contributed by atoms with E-state index in [0.29, 0.717) is 19.7 Å². The Morgan fingerprint density at radius 1 is 1.22 bits per heavy atom. The van der Waals surface area contributed by atoms with Gasteiger partial charge < -0.3 is 10.1 Å². The largest absolute Gasteiger partial charge is 0.374 e. The number of carbonyl (C=O) groups excluding carboxylic acids is 1. The molecule has 0 saturated carbocycles. The fourth-order valence-electron chi connectivity index (χ4n) is 3.88. The maximum atomic E-state index is 12.6. The predicted octanol–water partition coefficient (Wildman–Crippen LogP) is 0.104. The first-order valence-corrected chi connectivity index (χ1v) is 10.7. The maximum Gasteiger partial charge on any atom is 0.332 e. The van der Waals surface area contributed by atoms with Gasteiger partial charge in [0.2, 0.25) is 11.2 Å². The van der Waals surface area contributed by atoms with Crippen LogP contribution in [0.3, 0.4) is 0 Å². The van der Waals surface area contributed by atoms with Crippen molar-refractivity contribution in [3.8, 4) is 0 Å². The number of hydrogen-bond acceptors (Lipinski definition) is 6. The second kappa shape index (κ2) is 9.27. The zero-order valence-electron chi connectivity index (χ0n) is 18.0. The van der Waals surface area contributed by atoms with Gasteiger partial charge in [-0.1, -0.05) is 30.3 Å². The molecular formula is C21H25ClN6O4. The van der Waals surface area contributed by atoms with Gasteiger partial charge in [-0.15, -0.1) is 0 Å². The van der Waals surface area contributed by atoms with E-state index in [1.54, 1.807) is 0 Å². The second-order valence-electron chi connectivity index (χ2n) is 7.86. The van der Waals surface area contributed by atoms with Crippen LogP contribution in [0.5, 0.6) is 0 Å². The predicted molar refractivity (Wildman–Crippen MR) is 120 cm³/mol. The summed E-state index contributed by atoms with van der Waals surface area (Å²) in [6, 6.07) is 10.2. The molecule has 10 nitrogen and oxygen atoms in total. The van der Waals surface area contributed by atoms with E-state index in [0.717, 1.165) is 17.7 Å². The number of amides is 1. The number of aryl methyl sites for hydroxylation is 1. The number of carbonyl (C=O) groups is 1. The molecular weight excluding hydrogens is 436 g/mol. The quantitative estimate of drug-likeness (QED) is 0.523. The Morgan fingerprint density at radius 2 is 1.97 bits per heavy atom. The van der Waals surface area contributed by atoms with E-state index < -0.39 is 11.2 Å². The van der Waals surface area contributed by atoms with Gasteiger partial charge in [-0.2, -0.15) is 4.98 Å². The summed E-state index contributed by atoms with van der Waals surface area (Å²) in [5, 5.41) is 2.82. The highest BCUT2D eigenvalue weighted by molar-refractivity contribution is 6.29. The van der Waals surface area contributed by atoms with Crippen molar-refractivity contribution in [3.63, 3.8) is 0 Å². The molecule has 1 amide bonds. The van der Waals surface area contributed by atoms with Crippen molar-refractivity contribution >= 4 is 28.7 Å². The van der Waals surface area contributed by atoms with E-state index in [4.69, 9.17) is 16.3 Å². The first-order chi connectivity index (χ1) is 15.3. The zero-order chi connectivity index (χ0) is 22.8. The molecule has 1 saturated heterocycles. The molecule has 1 aliphatic heterocycles. The van der Waals surface area contributed by atoms with Crippen LogP contribution in [-0.2, 0) is 36.7 Å². The molecule has 11 heteroatoms. The van der Waals surface area contributed by atoms with Crippen molar-refractivity contribution in [1.82, 2.24) is 28.9 Å². The van der Waals surface area contributed by atoms with Gasteiger partial charge >= 0.3 is 5.69 Å². The summed E-state index contributed by atoms with van der Waals surface area (Å²) in [4.78, 5) is 43.7. The van der Waals surface area contributed by atoms with Crippen LogP contribution in [0.15, 0.2) is 39.9 Å². The molecule has 0 radical (unpaired) electrons. The topological polar surface area (TPSA) is 103 Å². The van der Waals surface area contributed by atoms with Gasteiger partial charge in [0.1, 0.15) is 6.54 Å². The molecule has 0 spiro atoms. The van der Waals surface area contributed by atoms with E-state index in [1.807, 2.05) is 18.2 Å². The third-order valence-electron chi connectivity index (χ3n) is 5.60. The number of aromatic nitrogens is 4. The third kappa shape index (κ3) is 4.47. The number of ether oxygens (including phenoxy) is 1. The monoisotopic (exact) mass is 460 g/mol. The third-order valence-corrected chi connectivity index (χ3v) is 5.89. The molecule has 1 unspecified atom stereocenters. The number of imidazole rings is 1. The summed E-state index contributed by atoms with van der Waals surface area (Å²) in [5.41, 5.74) is 0.417. The lowest BCUT2D eigenvalue weighted by molar-refractivity contribution is -0.122. The molecule has 2 aromatic heterocycles. The Labute approximate surface area is 189 Å². The van der Waals surface area contributed by atoms with E-state index in [2.05, 4.69) is 27.3 Å². The van der Waals surface area contributed by atoms with E-state index in [9.17, 15) is 14.4 Å². The van der Waals surface area contributed by atoms with Gasteiger partial charge in [-0.25, -0.2) is 4.79 Å². The molecule has 0 aliphatic carbocycles. The molecule has 1 N–H and O–H groups in total. The summed E-state index contributed by atoms with van der Waals surface area (Å²) in [6.45, 7) is 3.10. The highest BCUT2D eigenvalue weighted by Gasteiger charge is 2.23. The molecule has 3 heterocycles. The van der Waals surface area contributed by atoms with Crippen molar-refractivity contribution in [2.24, 2.45) is 14.1 Å². The normalized spacial score (nSPS) is 17.0. The average Bonchev–Trinajstić information content (AvgIpc) is 3.12. The Bertz CT molecular complexity index is 1250. The molecule has 1 atom stereocenters. The maximum absolute atomic E-state index is 12.6. The van der Waals surface area contributed by atoms with Gasteiger partial charge in [0, 0.05) is 40.3 Å². The summed E-state index contributed by atoms with van der Waals surface area (Å²) in [5.74, 6) is -0.328. The van der Waals surface area contributed by atoms with E-state index in [-0.39, 0.29) is 35.0 Å². The number of nitrogens with one attached hydrogen (secondary N) is 1. The molecule has 0 bridgehead atoms. The summed E-state index contributed by atoms with van der Waals surface area (Å²) < 4.78 is 9.31. The van der Waals surface area contributed by atoms with Crippen LogP contribution in [0.1, 0.15) is 5.56 Å². The highest BCUT2D eigenvalue weighted by Crippen LogP contribution is 2.15. The minimum atomic E-state index is -0.553. The number of morpholine rings is 1. The zero-order valence-corrected chi connectivity index (χ0v) is 18.7. The molecule has 1 aliphatic rings. The lowest BCUT2D eigenvalue weighted by Crippen LogP contribution is -2.47. The van der Waals surface area contributed by atoms with Gasteiger partial charge in [0.05, 0.1) is 12.7 Å². The van der Waals surface area contributed by atoms with Crippen molar-refractivity contribution in [2.75, 3.05) is 26.2 Å². The van der Waals surface area contributed by atoms with Crippen LogP contribution in [0.25, 0.3) is 11.2 Å². The first kappa shape index (κ1) is 22.3. The lowest BCUT2D eigenvalue weighted by atomic mass is 10.2. The number of halogens is 1. The van der Waals surface area contributed by atoms with Crippen LogP contribution in [0.4, 0.5) is 0 Å². The van der Waals surface area contributed by atoms with Gasteiger partial charge in [0.15, 0.2) is 11.2 Å². The fourth-order valence-corrected chi connectivity index (χ4v) is 4.10. The van der Waals surface area contributed by atoms with Crippen LogP contribution in [0, 0.1) is 0 Å². The molecule has 1 aromatic carbocycles. The standard InChI is InChI=1S/C21H25ClN6O4/c1-25-18-17(19(30)26(2)21(25)31)28(20(22)24-18)13-16(29)23-10-15-12-27(8-9-32-15)11-14-6-4-3-5-7-14/h3-7,15H,8-13H2,1-2H3,(H,23,29). The minimum absolute atomic E-state index is 0.0311. The number of hydrogen-bond donors (Lipinski definition) is 1. The SMILES string of the molecule is Cn1c(=O)c2c(nc(Cl)n2CC(=O)NCC2CN(Cc3ccccc3)CCO2)n(C)c1=O. The molecule has 1 fully saturated rings. The van der Waals surface area contributed by atoms with Crippen LogP contribution < -0.4 is 16.6 Å². The number of fused-ring (bicyclic) bond motifs is 1. The van der Waals surface area contributed by atoms with Gasteiger partial charge in [0.25, 0.3) is 5.56 Å². The Morgan fingerprint density at radius 3 is 2.72 bits per heavy atom. The van der Waals surface area contributed by atoms with Crippen molar-refractivity contribution < 1.29 is 9.53 Å². The Kier molecular flexibility index (Phi) is 6.45. The van der Waals surface area contributed by atoms with Crippen LogP contribution in [0.2, 0.25) is 5.28 Å². The highest BCUT2D eigenvalue weighted by atomic mass is 35.5. The number of nitrogens with zero attached hydrogens (tertiary/aromatic N) is 5. The summed E-state index contributed by atoms with van der Waals surface area (Å²) >= 11 is 6.18. The van der Waals surface area contributed by atoms with Crippen molar-refractivity contribution in [3.05, 3.63) is 62.0 Å². The molecule has 32 heavy (non-hydrogen) atoms. The summed E-state index contributed by atoms with van der Waals surface area (Å²) in [7, 11) is 2.87. The minimum Gasteiger partial charge on any atom is -0.374 e. The average molecular weight is 461 g/mol. The van der Waals surface area contributed by atoms with E-state index in [1.165, 1.54) is 28.8 Å². The number of benzene rings is 1. The molecule has 170 valence electrons. The Hall–Kier alpha value is -2.95. The Balaban J connectivity index is 1.40. The second-order valence-corrected chi connectivity index (χ2v) is 8.20. The summed E-state index contributed by atoms with van der Waals surface area (Å²) in [6.07, 6.45) is -0.139.